The first-order chi connectivity index (χ1) is 14.3. The Morgan fingerprint density at radius 2 is 2.14 bits per heavy atom. The number of hydrogen-bond acceptors (Lipinski definition) is 6. The van der Waals surface area contributed by atoms with Gasteiger partial charge in [-0.05, 0) is 41.3 Å². The minimum absolute atomic E-state index is 0.639. The Morgan fingerprint density at radius 1 is 1.17 bits per heavy atom. The molecule has 0 N–H and O–H groups in total. The van der Waals surface area contributed by atoms with Crippen molar-refractivity contribution in [2.45, 2.75) is 13.1 Å². The highest BCUT2D eigenvalue weighted by molar-refractivity contribution is 7.13. The number of aromatic nitrogens is 2. The van der Waals surface area contributed by atoms with E-state index < -0.39 is 0 Å². The van der Waals surface area contributed by atoms with Gasteiger partial charge in [0.05, 0.1) is 7.11 Å². The molecule has 5 rings (SSSR count). The van der Waals surface area contributed by atoms with Crippen LogP contribution in [0.2, 0.25) is 0 Å². The van der Waals surface area contributed by atoms with E-state index in [1.807, 2.05) is 11.6 Å². The molecule has 1 aliphatic heterocycles. The molecule has 0 spiro atoms. The third-order valence-corrected chi connectivity index (χ3v) is 6.74. The van der Waals surface area contributed by atoms with Gasteiger partial charge in [0.1, 0.15) is 6.61 Å². The molecule has 0 fully saturated rings. The van der Waals surface area contributed by atoms with Crippen LogP contribution in [0.4, 0.5) is 0 Å². The van der Waals surface area contributed by atoms with Crippen molar-refractivity contribution >= 4 is 22.7 Å². The maximum Gasteiger partial charge on any atom is 0.193 e. The number of thiophene rings is 1. The Kier molecular flexibility index (Phi) is 5.10. The second kappa shape index (κ2) is 8.02. The molecule has 4 aromatic rings. The molecule has 3 aromatic heterocycles. The number of rotatable bonds is 5. The number of nitrogens with zero attached hydrogens (tertiary/aromatic N) is 3. The number of fused-ring (bicyclic) bond motifs is 1. The number of methoxy groups -OCH3 is 1. The summed E-state index contributed by atoms with van der Waals surface area (Å²) < 4.78 is 13.9. The number of hydrogen-bond donors (Lipinski definition) is 0. The van der Waals surface area contributed by atoms with E-state index in [4.69, 9.17) is 9.47 Å². The average Bonchev–Trinajstić information content (AvgIpc) is 3.48. The molecule has 0 atom stereocenters. The van der Waals surface area contributed by atoms with Crippen LogP contribution in [0.5, 0.6) is 11.5 Å². The molecule has 0 saturated carbocycles. The second-order valence-electron chi connectivity index (χ2n) is 6.89. The van der Waals surface area contributed by atoms with E-state index >= 15 is 0 Å². The smallest absolute Gasteiger partial charge is 0.193 e. The summed E-state index contributed by atoms with van der Waals surface area (Å²) in [5.41, 5.74) is 3.56. The molecule has 1 aromatic carbocycles. The minimum atomic E-state index is 0.639. The molecule has 0 saturated heterocycles. The Balaban J connectivity index is 1.45. The first kappa shape index (κ1) is 18.4. The molecule has 7 heteroatoms. The highest BCUT2D eigenvalue weighted by Gasteiger charge is 2.22. The highest BCUT2D eigenvalue weighted by Crippen LogP contribution is 2.39. The molecule has 1 aliphatic rings. The van der Waals surface area contributed by atoms with Crippen LogP contribution >= 0.6 is 22.7 Å². The average molecular weight is 424 g/mol. The van der Waals surface area contributed by atoms with Gasteiger partial charge in [-0.2, -0.15) is 0 Å². The monoisotopic (exact) mass is 423 g/mol. The SMILES string of the molecule is COc1cc(-c2cccs2)cc2c1OCCN(Cc1cccn1-c1nccs1)C2. The maximum absolute atomic E-state index is 6.11. The fourth-order valence-electron chi connectivity index (χ4n) is 3.71. The molecule has 0 unspecified atom stereocenters. The van der Waals surface area contributed by atoms with Crippen molar-refractivity contribution in [2.24, 2.45) is 0 Å². The second-order valence-corrected chi connectivity index (χ2v) is 8.71. The molecule has 5 nitrogen and oxygen atoms in total. The van der Waals surface area contributed by atoms with Gasteiger partial charge >= 0.3 is 0 Å². The zero-order valence-electron chi connectivity index (χ0n) is 16.1. The van der Waals surface area contributed by atoms with Crippen LogP contribution in [0, 0.1) is 0 Å². The molecule has 148 valence electrons. The van der Waals surface area contributed by atoms with Crippen LogP contribution < -0.4 is 9.47 Å². The van der Waals surface area contributed by atoms with Gasteiger partial charge in [0.2, 0.25) is 0 Å². The predicted octanol–water partition coefficient (Wildman–Crippen LogP) is 5.07. The van der Waals surface area contributed by atoms with Crippen molar-refractivity contribution in [3.63, 3.8) is 0 Å². The minimum Gasteiger partial charge on any atom is -0.493 e. The summed E-state index contributed by atoms with van der Waals surface area (Å²) in [5, 5.41) is 5.11. The van der Waals surface area contributed by atoms with E-state index in [0.717, 1.165) is 41.8 Å². The molecule has 29 heavy (non-hydrogen) atoms. The molecule has 0 amide bonds. The van der Waals surface area contributed by atoms with Gasteiger partial charge in [0.15, 0.2) is 16.6 Å². The fourth-order valence-corrected chi connectivity index (χ4v) is 5.08. The van der Waals surface area contributed by atoms with Crippen molar-refractivity contribution in [1.29, 1.82) is 0 Å². The molecule has 0 radical (unpaired) electrons. The van der Waals surface area contributed by atoms with Gasteiger partial charge in [0.25, 0.3) is 0 Å². The number of thiazole rings is 1. The standard InChI is InChI=1S/C22H21N3O2S2/c1-26-19-13-16(20-5-3-10-28-20)12-17-14-24(8-9-27-21(17)19)15-18-4-2-7-25(18)22-23-6-11-29-22/h2-7,10-13H,8-9,14-15H2,1H3. The predicted molar refractivity (Wildman–Crippen MR) is 117 cm³/mol. The van der Waals surface area contributed by atoms with E-state index in [9.17, 15) is 0 Å². The van der Waals surface area contributed by atoms with Crippen molar-refractivity contribution in [3.05, 3.63) is 70.8 Å². The molecule has 4 heterocycles. The summed E-state index contributed by atoms with van der Waals surface area (Å²) >= 11 is 3.39. The third kappa shape index (κ3) is 3.69. The van der Waals surface area contributed by atoms with Crippen molar-refractivity contribution in [1.82, 2.24) is 14.5 Å². The van der Waals surface area contributed by atoms with Crippen LogP contribution in [0.25, 0.3) is 15.6 Å². The normalized spacial score (nSPS) is 14.2. The summed E-state index contributed by atoms with van der Waals surface area (Å²) in [6.07, 6.45) is 3.92. The van der Waals surface area contributed by atoms with Crippen LogP contribution in [0.1, 0.15) is 11.3 Å². The van der Waals surface area contributed by atoms with E-state index in [1.165, 1.54) is 16.1 Å². The number of ether oxygens (including phenoxy) is 2. The first-order valence-electron chi connectivity index (χ1n) is 9.48. The van der Waals surface area contributed by atoms with E-state index in [0.29, 0.717) is 6.61 Å². The van der Waals surface area contributed by atoms with Gasteiger partial charge in [-0.3, -0.25) is 9.47 Å². The molecular formula is C22H21N3O2S2. The van der Waals surface area contributed by atoms with Gasteiger partial charge in [0, 0.05) is 53.5 Å². The van der Waals surface area contributed by atoms with Gasteiger partial charge in [-0.15, -0.1) is 22.7 Å². The number of benzene rings is 1. The van der Waals surface area contributed by atoms with Gasteiger partial charge < -0.3 is 9.47 Å². The highest BCUT2D eigenvalue weighted by atomic mass is 32.1. The molecule has 0 aliphatic carbocycles. The zero-order chi connectivity index (χ0) is 19.6. The van der Waals surface area contributed by atoms with Crippen molar-refractivity contribution < 1.29 is 9.47 Å². The van der Waals surface area contributed by atoms with Crippen LogP contribution in [0.3, 0.4) is 0 Å². The third-order valence-electron chi connectivity index (χ3n) is 5.05. The summed E-state index contributed by atoms with van der Waals surface area (Å²) in [6, 6.07) is 12.8. The summed E-state index contributed by atoms with van der Waals surface area (Å²) in [7, 11) is 1.71. The Hall–Kier alpha value is -2.61. The largest absolute Gasteiger partial charge is 0.493 e. The van der Waals surface area contributed by atoms with Crippen LogP contribution in [-0.4, -0.2) is 34.7 Å². The van der Waals surface area contributed by atoms with E-state index in [1.54, 1.807) is 29.8 Å². The summed E-state index contributed by atoms with van der Waals surface area (Å²) in [6.45, 7) is 3.14. The Morgan fingerprint density at radius 3 is 2.93 bits per heavy atom. The molecular weight excluding hydrogens is 402 g/mol. The topological polar surface area (TPSA) is 39.5 Å². The Bertz CT molecular complexity index is 1090. The summed E-state index contributed by atoms with van der Waals surface area (Å²) in [5.74, 6) is 1.67. The lowest BCUT2D eigenvalue weighted by atomic mass is 10.1. The fraction of sp³-hybridized carbons (Fsp3) is 0.227. The Labute approximate surface area is 177 Å². The van der Waals surface area contributed by atoms with Gasteiger partial charge in [-0.1, -0.05) is 6.07 Å². The molecule has 0 bridgehead atoms. The van der Waals surface area contributed by atoms with Crippen molar-refractivity contribution in [2.75, 3.05) is 20.3 Å². The van der Waals surface area contributed by atoms with Crippen LogP contribution in [-0.2, 0) is 13.1 Å². The maximum atomic E-state index is 6.11. The summed E-state index contributed by atoms with van der Waals surface area (Å²) in [4.78, 5) is 8.11. The lowest BCUT2D eigenvalue weighted by Gasteiger charge is -2.20. The van der Waals surface area contributed by atoms with Gasteiger partial charge in [-0.25, -0.2) is 4.98 Å². The van der Waals surface area contributed by atoms with Crippen molar-refractivity contribution in [3.8, 4) is 27.1 Å². The van der Waals surface area contributed by atoms with E-state index in [2.05, 4.69) is 62.4 Å². The lowest BCUT2D eigenvalue weighted by molar-refractivity contribution is 0.214. The van der Waals surface area contributed by atoms with Crippen LogP contribution in [0.15, 0.2) is 59.6 Å². The van der Waals surface area contributed by atoms with E-state index in [-0.39, 0.29) is 0 Å². The first-order valence-corrected chi connectivity index (χ1v) is 11.2. The lowest BCUT2D eigenvalue weighted by Crippen LogP contribution is -2.26. The quantitative estimate of drug-likeness (QED) is 0.450. The zero-order valence-corrected chi connectivity index (χ0v) is 17.7.